The molecule has 0 bridgehead atoms. The quantitative estimate of drug-likeness (QED) is 0.877. The fourth-order valence-corrected chi connectivity index (χ4v) is 2.40. The number of benzene rings is 1. The molecule has 0 amide bonds. The highest BCUT2D eigenvalue weighted by atomic mass is 15.4. The fourth-order valence-electron chi connectivity index (χ4n) is 2.40. The molecule has 1 aromatic heterocycles. The number of hydrogen-bond donors (Lipinski definition) is 1. The van der Waals surface area contributed by atoms with E-state index in [0.29, 0.717) is 6.04 Å². The van der Waals surface area contributed by atoms with Gasteiger partial charge in [0.05, 0.1) is 17.9 Å². The second-order valence-corrected chi connectivity index (χ2v) is 4.44. The van der Waals surface area contributed by atoms with E-state index < -0.39 is 0 Å². The number of anilines is 1. The second-order valence-electron chi connectivity index (χ2n) is 4.44. The van der Waals surface area contributed by atoms with Gasteiger partial charge in [-0.1, -0.05) is 30.3 Å². The third kappa shape index (κ3) is 1.79. The van der Waals surface area contributed by atoms with Crippen molar-refractivity contribution in [1.29, 1.82) is 0 Å². The number of fused-ring (bicyclic) bond motifs is 1. The molecule has 2 aromatic rings. The monoisotopic (exact) mass is 228 g/mol. The summed E-state index contributed by atoms with van der Waals surface area (Å²) in [5.41, 5.74) is 3.80. The van der Waals surface area contributed by atoms with Gasteiger partial charge in [-0.3, -0.25) is 0 Å². The molecule has 1 aromatic carbocycles. The van der Waals surface area contributed by atoms with E-state index in [2.05, 4.69) is 46.8 Å². The van der Waals surface area contributed by atoms with Gasteiger partial charge in [0.1, 0.15) is 0 Å². The first kappa shape index (κ1) is 10.3. The highest BCUT2D eigenvalue weighted by molar-refractivity contribution is 5.57. The van der Waals surface area contributed by atoms with E-state index in [1.807, 2.05) is 10.9 Å². The zero-order valence-electron chi connectivity index (χ0n) is 9.93. The summed E-state index contributed by atoms with van der Waals surface area (Å²) in [6.45, 7) is 3.09. The zero-order valence-corrected chi connectivity index (χ0v) is 9.93. The van der Waals surface area contributed by atoms with Gasteiger partial charge in [-0.25, -0.2) is 4.68 Å². The summed E-state index contributed by atoms with van der Waals surface area (Å²) in [4.78, 5) is 0. The first-order valence-corrected chi connectivity index (χ1v) is 6.11. The van der Waals surface area contributed by atoms with Crippen LogP contribution in [0, 0.1) is 0 Å². The van der Waals surface area contributed by atoms with Crippen LogP contribution in [0.25, 0.3) is 0 Å². The summed E-state index contributed by atoms with van der Waals surface area (Å²) in [5.74, 6) is 0. The molecule has 17 heavy (non-hydrogen) atoms. The molecule has 1 aliphatic heterocycles. The van der Waals surface area contributed by atoms with Crippen LogP contribution in [0.15, 0.2) is 30.5 Å². The normalized spacial score (nSPS) is 17.8. The molecular weight excluding hydrogens is 212 g/mol. The van der Waals surface area contributed by atoms with E-state index in [4.69, 9.17) is 0 Å². The Kier molecular flexibility index (Phi) is 2.55. The van der Waals surface area contributed by atoms with Gasteiger partial charge < -0.3 is 5.32 Å². The Morgan fingerprint density at radius 3 is 3.12 bits per heavy atom. The molecule has 0 saturated carbocycles. The molecule has 0 aliphatic carbocycles. The average Bonchev–Trinajstić information content (AvgIpc) is 2.94. The van der Waals surface area contributed by atoms with Crippen LogP contribution < -0.4 is 5.32 Å². The lowest BCUT2D eigenvalue weighted by atomic mass is 10.1. The first-order valence-electron chi connectivity index (χ1n) is 6.11. The van der Waals surface area contributed by atoms with Crippen molar-refractivity contribution in [2.75, 3.05) is 5.32 Å². The van der Waals surface area contributed by atoms with Crippen molar-refractivity contribution in [3.8, 4) is 0 Å². The molecule has 0 fully saturated rings. The van der Waals surface area contributed by atoms with Crippen LogP contribution in [0.1, 0.15) is 30.6 Å². The van der Waals surface area contributed by atoms with Crippen molar-refractivity contribution in [2.45, 2.75) is 32.4 Å². The molecule has 1 N–H and O–H groups in total. The Bertz CT molecular complexity index is 493. The number of nitrogens with zero attached hydrogens (tertiary/aromatic N) is 3. The minimum atomic E-state index is 0.314. The summed E-state index contributed by atoms with van der Waals surface area (Å²) in [6, 6.07) is 8.77. The second kappa shape index (κ2) is 4.20. The molecule has 4 nitrogen and oxygen atoms in total. The first-order chi connectivity index (χ1) is 8.38. The van der Waals surface area contributed by atoms with Crippen molar-refractivity contribution in [2.24, 2.45) is 0 Å². The molecule has 0 saturated heterocycles. The van der Waals surface area contributed by atoms with Crippen molar-refractivity contribution in [3.05, 3.63) is 41.7 Å². The predicted octanol–water partition coefficient (Wildman–Crippen LogP) is 2.40. The molecule has 0 spiro atoms. The highest BCUT2D eigenvalue weighted by Crippen LogP contribution is 2.33. The van der Waals surface area contributed by atoms with Crippen molar-refractivity contribution < 1.29 is 0 Å². The molecule has 2 heterocycles. The number of aromatic nitrogens is 3. The third-order valence-corrected chi connectivity index (χ3v) is 3.21. The average molecular weight is 228 g/mol. The van der Waals surface area contributed by atoms with Crippen molar-refractivity contribution >= 4 is 5.69 Å². The smallest absolute Gasteiger partial charge is 0.0812 e. The van der Waals surface area contributed by atoms with E-state index in [0.717, 1.165) is 19.4 Å². The lowest BCUT2D eigenvalue weighted by Gasteiger charge is -2.12. The largest absolute Gasteiger partial charge is 0.376 e. The zero-order chi connectivity index (χ0) is 11.7. The van der Waals surface area contributed by atoms with Gasteiger partial charge in [-0.05, 0) is 18.1 Å². The lowest BCUT2D eigenvalue weighted by molar-refractivity contribution is 0.539. The summed E-state index contributed by atoms with van der Waals surface area (Å²) in [5, 5.41) is 11.7. The van der Waals surface area contributed by atoms with E-state index in [-0.39, 0.29) is 0 Å². The van der Waals surface area contributed by atoms with E-state index >= 15 is 0 Å². The third-order valence-electron chi connectivity index (χ3n) is 3.21. The van der Waals surface area contributed by atoms with E-state index in [9.17, 15) is 0 Å². The van der Waals surface area contributed by atoms with Crippen LogP contribution in [-0.2, 0) is 13.0 Å². The number of rotatable bonds is 3. The molecular formula is C13H16N4. The van der Waals surface area contributed by atoms with Crippen molar-refractivity contribution in [1.82, 2.24) is 15.0 Å². The van der Waals surface area contributed by atoms with Gasteiger partial charge >= 0.3 is 0 Å². The van der Waals surface area contributed by atoms with Crippen LogP contribution in [0.4, 0.5) is 5.69 Å². The standard InChI is InChI=1S/C13H16N4/c1-2-7-17-13(9-14-16-17)12-8-10-5-3-4-6-11(10)15-12/h3-6,9,12,15H,2,7-8H2,1H3. The number of nitrogens with one attached hydrogen (secondary N) is 1. The predicted molar refractivity (Wildman–Crippen MR) is 66.8 cm³/mol. The van der Waals surface area contributed by atoms with Crippen LogP contribution in [0.2, 0.25) is 0 Å². The molecule has 1 aliphatic rings. The SMILES string of the molecule is CCCn1nncc1C1Cc2ccccc2N1. The van der Waals surface area contributed by atoms with Gasteiger partial charge in [-0.15, -0.1) is 5.10 Å². The maximum Gasteiger partial charge on any atom is 0.0812 e. The van der Waals surface area contributed by atoms with Gasteiger partial charge in [0.15, 0.2) is 0 Å². The molecule has 1 atom stereocenters. The van der Waals surface area contributed by atoms with Gasteiger partial charge in [0.2, 0.25) is 0 Å². The van der Waals surface area contributed by atoms with Gasteiger partial charge in [0.25, 0.3) is 0 Å². The Balaban J connectivity index is 1.86. The summed E-state index contributed by atoms with van der Waals surface area (Å²) >= 11 is 0. The van der Waals surface area contributed by atoms with Crippen LogP contribution >= 0.6 is 0 Å². The topological polar surface area (TPSA) is 42.7 Å². The van der Waals surface area contributed by atoms with Crippen LogP contribution in [0.5, 0.6) is 0 Å². The highest BCUT2D eigenvalue weighted by Gasteiger charge is 2.24. The van der Waals surface area contributed by atoms with Crippen LogP contribution in [-0.4, -0.2) is 15.0 Å². The maximum absolute atomic E-state index is 4.14. The molecule has 3 rings (SSSR count). The van der Waals surface area contributed by atoms with E-state index in [1.54, 1.807) is 0 Å². The Hall–Kier alpha value is -1.84. The summed E-state index contributed by atoms with van der Waals surface area (Å²) in [7, 11) is 0. The minimum absolute atomic E-state index is 0.314. The molecule has 1 unspecified atom stereocenters. The van der Waals surface area contributed by atoms with Gasteiger partial charge in [-0.2, -0.15) is 0 Å². The molecule has 0 radical (unpaired) electrons. The van der Waals surface area contributed by atoms with Crippen LogP contribution in [0.3, 0.4) is 0 Å². The molecule has 4 heteroatoms. The lowest BCUT2D eigenvalue weighted by Crippen LogP contribution is -2.13. The number of aryl methyl sites for hydroxylation is 1. The molecule has 88 valence electrons. The Morgan fingerprint density at radius 1 is 1.41 bits per heavy atom. The summed E-state index contributed by atoms with van der Waals surface area (Å²) in [6.07, 6.45) is 3.97. The maximum atomic E-state index is 4.14. The van der Waals surface area contributed by atoms with E-state index in [1.165, 1.54) is 16.9 Å². The van der Waals surface area contributed by atoms with Crippen molar-refractivity contribution in [3.63, 3.8) is 0 Å². The number of para-hydroxylation sites is 1. The summed E-state index contributed by atoms with van der Waals surface area (Å²) < 4.78 is 2.00. The van der Waals surface area contributed by atoms with Gasteiger partial charge in [0, 0.05) is 18.7 Å². The minimum Gasteiger partial charge on any atom is -0.376 e. The number of hydrogen-bond acceptors (Lipinski definition) is 3. The fraction of sp³-hybridized carbons (Fsp3) is 0.385. The Morgan fingerprint density at radius 2 is 2.29 bits per heavy atom. The Labute approximate surface area is 101 Å².